The molecule has 94 valence electrons. The Kier molecular flexibility index (Phi) is 4.09. The van der Waals surface area contributed by atoms with Crippen molar-refractivity contribution < 1.29 is 4.39 Å². The van der Waals surface area contributed by atoms with Gasteiger partial charge < -0.3 is 5.32 Å². The first-order valence-electron chi connectivity index (χ1n) is 5.67. The number of nitrogens with one attached hydrogen (secondary N) is 1. The minimum absolute atomic E-state index is 0.0557. The van der Waals surface area contributed by atoms with Crippen LogP contribution in [0.15, 0.2) is 41.0 Å². The van der Waals surface area contributed by atoms with Crippen LogP contribution in [0.25, 0.3) is 0 Å². The van der Waals surface area contributed by atoms with Gasteiger partial charge in [0.2, 0.25) is 0 Å². The number of aromatic nitrogens is 1. The lowest BCUT2D eigenvalue weighted by molar-refractivity contribution is 0.612. The van der Waals surface area contributed by atoms with Gasteiger partial charge in [-0.25, -0.2) is 4.39 Å². The van der Waals surface area contributed by atoms with E-state index in [4.69, 9.17) is 0 Å². The van der Waals surface area contributed by atoms with E-state index in [1.54, 1.807) is 19.2 Å². The van der Waals surface area contributed by atoms with Crippen LogP contribution in [0.2, 0.25) is 0 Å². The van der Waals surface area contributed by atoms with E-state index in [0.29, 0.717) is 5.56 Å². The predicted molar refractivity (Wildman–Crippen MR) is 74.0 cm³/mol. The first kappa shape index (κ1) is 13.2. The maximum absolute atomic E-state index is 13.3. The van der Waals surface area contributed by atoms with E-state index in [9.17, 15) is 4.39 Å². The van der Waals surface area contributed by atoms with Crippen LogP contribution < -0.4 is 5.32 Å². The van der Waals surface area contributed by atoms with Gasteiger partial charge in [0.15, 0.2) is 0 Å². The molecule has 0 amide bonds. The van der Waals surface area contributed by atoms with Crippen LogP contribution in [-0.2, 0) is 0 Å². The maximum Gasteiger partial charge on any atom is 0.126 e. The molecule has 0 spiro atoms. The summed E-state index contributed by atoms with van der Waals surface area (Å²) >= 11 is 3.49. The highest BCUT2D eigenvalue weighted by Gasteiger charge is 2.16. The van der Waals surface area contributed by atoms with Crippen molar-refractivity contribution in [1.82, 2.24) is 10.3 Å². The fraction of sp³-hybridized carbons (Fsp3) is 0.214. The molecule has 18 heavy (non-hydrogen) atoms. The van der Waals surface area contributed by atoms with E-state index in [0.717, 1.165) is 15.7 Å². The molecule has 2 nitrogen and oxygen atoms in total. The monoisotopic (exact) mass is 308 g/mol. The fourth-order valence-corrected chi connectivity index (χ4v) is 2.40. The van der Waals surface area contributed by atoms with Crippen molar-refractivity contribution in [2.24, 2.45) is 0 Å². The lowest BCUT2D eigenvalue weighted by Crippen LogP contribution is -2.19. The van der Waals surface area contributed by atoms with Gasteiger partial charge in [-0.2, -0.15) is 0 Å². The molecule has 1 heterocycles. The molecule has 1 N–H and O–H groups in total. The molecule has 0 saturated carbocycles. The molecule has 2 aromatic rings. The van der Waals surface area contributed by atoms with Gasteiger partial charge in [-0.15, -0.1) is 0 Å². The predicted octanol–water partition coefficient (Wildman–Crippen LogP) is 3.60. The molecule has 0 saturated heterocycles. The third-order valence-corrected chi connectivity index (χ3v) is 3.53. The van der Waals surface area contributed by atoms with Crippen molar-refractivity contribution in [2.45, 2.75) is 13.0 Å². The Balaban J connectivity index is 2.45. The SMILES string of the molecule is CNC(c1ccc(F)c(C)c1)c1ncccc1Br. The molecule has 0 aliphatic rings. The van der Waals surface area contributed by atoms with E-state index in [1.165, 1.54) is 6.07 Å². The molecule has 0 aliphatic heterocycles. The first-order valence-corrected chi connectivity index (χ1v) is 6.46. The average Bonchev–Trinajstić information content (AvgIpc) is 2.37. The molecule has 2 rings (SSSR count). The number of pyridine rings is 1. The zero-order valence-electron chi connectivity index (χ0n) is 10.2. The third kappa shape index (κ3) is 2.60. The van der Waals surface area contributed by atoms with Crippen molar-refractivity contribution in [1.29, 1.82) is 0 Å². The highest BCUT2D eigenvalue weighted by Crippen LogP contribution is 2.27. The van der Waals surface area contributed by atoms with Crippen LogP contribution in [0, 0.1) is 12.7 Å². The van der Waals surface area contributed by atoms with Crippen molar-refractivity contribution in [3.05, 3.63) is 63.6 Å². The number of nitrogens with zero attached hydrogens (tertiary/aromatic N) is 1. The van der Waals surface area contributed by atoms with E-state index in [-0.39, 0.29) is 11.9 Å². The highest BCUT2D eigenvalue weighted by molar-refractivity contribution is 9.10. The summed E-state index contributed by atoms with van der Waals surface area (Å²) in [5.41, 5.74) is 2.53. The summed E-state index contributed by atoms with van der Waals surface area (Å²) in [4.78, 5) is 4.37. The Labute approximate surface area is 114 Å². The van der Waals surface area contributed by atoms with E-state index in [1.807, 2.05) is 25.2 Å². The maximum atomic E-state index is 13.3. The number of benzene rings is 1. The largest absolute Gasteiger partial charge is 0.308 e. The normalized spacial score (nSPS) is 12.4. The van der Waals surface area contributed by atoms with Crippen LogP contribution in [0.4, 0.5) is 4.39 Å². The second-order valence-corrected chi connectivity index (χ2v) is 4.96. The summed E-state index contributed by atoms with van der Waals surface area (Å²) in [5, 5.41) is 3.21. The Bertz CT molecular complexity index is 557. The smallest absolute Gasteiger partial charge is 0.126 e. The van der Waals surface area contributed by atoms with Crippen LogP contribution in [-0.4, -0.2) is 12.0 Å². The van der Waals surface area contributed by atoms with Crippen LogP contribution in [0.3, 0.4) is 0 Å². The molecule has 1 aromatic carbocycles. The second-order valence-electron chi connectivity index (χ2n) is 4.10. The van der Waals surface area contributed by atoms with Crippen LogP contribution >= 0.6 is 15.9 Å². The van der Waals surface area contributed by atoms with Crippen molar-refractivity contribution in [3.8, 4) is 0 Å². The lowest BCUT2D eigenvalue weighted by atomic mass is 10.0. The Morgan fingerprint density at radius 1 is 1.33 bits per heavy atom. The summed E-state index contributed by atoms with van der Waals surface area (Å²) in [6.45, 7) is 1.76. The highest BCUT2D eigenvalue weighted by atomic mass is 79.9. The average molecular weight is 309 g/mol. The molecule has 0 radical (unpaired) electrons. The van der Waals surface area contributed by atoms with Gasteiger partial charge in [0.25, 0.3) is 0 Å². The minimum atomic E-state index is -0.186. The molecule has 0 aliphatic carbocycles. The fourth-order valence-electron chi connectivity index (χ4n) is 1.92. The second kappa shape index (κ2) is 5.59. The molecular weight excluding hydrogens is 295 g/mol. The van der Waals surface area contributed by atoms with E-state index in [2.05, 4.69) is 26.2 Å². The molecule has 0 fully saturated rings. The van der Waals surface area contributed by atoms with E-state index < -0.39 is 0 Å². The molecule has 1 unspecified atom stereocenters. The summed E-state index contributed by atoms with van der Waals surface area (Å²) < 4.78 is 14.2. The van der Waals surface area contributed by atoms with Gasteiger partial charge >= 0.3 is 0 Å². The third-order valence-electron chi connectivity index (χ3n) is 2.86. The Morgan fingerprint density at radius 3 is 2.72 bits per heavy atom. The topological polar surface area (TPSA) is 24.9 Å². The first-order chi connectivity index (χ1) is 8.63. The van der Waals surface area contributed by atoms with E-state index >= 15 is 0 Å². The van der Waals surface area contributed by atoms with Gasteiger partial charge in [0.1, 0.15) is 5.82 Å². The summed E-state index contributed by atoms with van der Waals surface area (Å²) in [6, 6.07) is 8.88. The molecule has 1 atom stereocenters. The summed E-state index contributed by atoms with van der Waals surface area (Å²) in [5.74, 6) is -0.186. The number of hydrogen-bond donors (Lipinski definition) is 1. The van der Waals surface area contributed by atoms with Crippen molar-refractivity contribution >= 4 is 15.9 Å². The number of rotatable bonds is 3. The Morgan fingerprint density at radius 2 is 2.11 bits per heavy atom. The van der Waals surface area contributed by atoms with Gasteiger partial charge in [-0.05, 0) is 59.2 Å². The van der Waals surface area contributed by atoms with Crippen molar-refractivity contribution in [2.75, 3.05) is 7.05 Å². The van der Waals surface area contributed by atoms with Gasteiger partial charge in [-0.1, -0.05) is 12.1 Å². The number of aryl methyl sites for hydroxylation is 1. The van der Waals surface area contributed by atoms with Crippen LogP contribution in [0.5, 0.6) is 0 Å². The van der Waals surface area contributed by atoms with Gasteiger partial charge in [0, 0.05) is 10.7 Å². The van der Waals surface area contributed by atoms with Gasteiger partial charge in [0.05, 0.1) is 11.7 Å². The quantitative estimate of drug-likeness (QED) is 0.937. The molecule has 4 heteroatoms. The standard InChI is InChI=1S/C14H14BrFN2/c1-9-8-10(5-6-12(9)16)13(17-2)14-11(15)4-3-7-18-14/h3-8,13,17H,1-2H3. The number of halogens is 2. The Hall–Kier alpha value is -1.26. The lowest BCUT2D eigenvalue weighted by Gasteiger charge is -2.18. The van der Waals surface area contributed by atoms with Crippen LogP contribution in [0.1, 0.15) is 22.9 Å². The minimum Gasteiger partial charge on any atom is -0.308 e. The van der Waals surface area contributed by atoms with Crippen molar-refractivity contribution in [3.63, 3.8) is 0 Å². The molecule has 1 aromatic heterocycles. The van der Waals surface area contributed by atoms with Gasteiger partial charge in [-0.3, -0.25) is 4.98 Å². The zero-order chi connectivity index (χ0) is 13.1. The molecule has 0 bridgehead atoms. The zero-order valence-corrected chi connectivity index (χ0v) is 11.8. The summed E-state index contributed by atoms with van der Waals surface area (Å²) in [7, 11) is 1.87. The number of hydrogen-bond acceptors (Lipinski definition) is 2. The molecular formula is C14H14BrFN2. The summed E-state index contributed by atoms with van der Waals surface area (Å²) in [6.07, 6.45) is 1.75.